The molecule has 0 radical (unpaired) electrons. The molecule has 0 bridgehead atoms. The van der Waals surface area contributed by atoms with Gasteiger partial charge < -0.3 is 9.73 Å². The topological polar surface area (TPSA) is 38.1 Å². The molecule has 2 aromatic rings. The van der Waals surface area contributed by atoms with Gasteiger partial charge in [0.2, 0.25) is 0 Å². The highest BCUT2D eigenvalue weighted by Crippen LogP contribution is 2.40. The Kier molecular flexibility index (Phi) is 3.10. The molecule has 2 unspecified atom stereocenters. The first-order chi connectivity index (χ1) is 8.79. The molecular weight excluding hydrogens is 248 g/mol. The average Bonchev–Trinajstić information content (AvgIpc) is 2.98. The lowest BCUT2D eigenvalue weighted by atomic mass is 9.95. The quantitative estimate of drug-likeness (QED) is 0.922. The third-order valence-electron chi connectivity index (χ3n) is 3.62. The zero-order valence-electron chi connectivity index (χ0n) is 10.2. The predicted molar refractivity (Wildman–Crippen MR) is 70.8 cm³/mol. The summed E-state index contributed by atoms with van der Waals surface area (Å²) in [7, 11) is 1.95. The zero-order chi connectivity index (χ0) is 12.5. The van der Waals surface area contributed by atoms with Crippen LogP contribution in [-0.2, 0) is 6.42 Å². The fourth-order valence-electron chi connectivity index (χ4n) is 2.81. The van der Waals surface area contributed by atoms with Gasteiger partial charge in [-0.25, -0.2) is 0 Å². The van der Waals surface area contributed by atoms with Crippen molar-refractivity contribution in [3.05, 3.63) is 52.7 Å². The first-order valence-electron chi connectivity index (χ1n) is 6.16. The van der Waals surface area contributed by atoms with E-state index in [0.717, 1.165) is 18.6 Å². The highest BCUT2D eigenvalue weighted by molar-refractivity contribution is 6.28. The van der Waals surface area contributed by atoms with E-state index in [-0.39, 0.29) is 6.04 Å². The van der Waals surface area contributed by atoms with Gasteiger partial charge in [0.05, 0.1) is 6.04 Å². The van der Waals surface area contributed by atoms with Crippen LogP contribution < -0.4 is 5.32 Å². The van der Waals surface area contributed by atoms with Gasteiger partial charge in [-0.15, -0.1) is 0 Å². The van der Waals surface area contributed by atoms with Gasteiger partial charge in [-0.1, -0.05) is 6.07 Å². The predicted octanol–water partition coefficient (Wildman–Crippen LogP) is 3.32. The molecule has 0 aliphatic heterocycles. The molecule has 94 valence electrons. The Balaban J connectivity index is 1.95. The highest BCUT2D eigenvalue weighted by Gasteiger charge is 2.32. The molecule has 1 aliphatic carbocycles. The maximum atomic E-state index is 5.86. The van der Waals surface area contributed by atoms with Crippen LogP contribution in [0.4, 0.5) is 0 Å². The SMILES string of the molecule is CNC(c1ccc(Cl)o1)C1CCc2cccnc21. The summed E-state index contributed by atoms with van der Waals surface area (Å²) in [6.45, 7) is 0. The van der Waals surface area contributed by atoms with Crippen molar-refractivity contribution in [1.29, 1.82) is 0 Å². The molecule has 2 aromatic heterocycles. The van der Waals surface area contributed by atoms with Gasteiger partial charge in [0.15, 0.2) is 5.22 Å². The van der Waals surface area contributed by atoms with Crippen LogP contribution in [0, 0.1) is 0 Å². The lowest BCUT2D eigenvalue weighted by molar-refractivity contribution is 0.379. The summed E-state index contributed by atoms with van der Waals surface area (Å²) in [6, 6.07) is 8.01. The number of halogens is 1. The van der Waals surface area contributed by atoms with E-state index in [1.54, 1.807) is 6.07 Å². The number of pyridine rings is 1. The van der Waals surface area contributed by atoms with Gasteiger partial charge in [-0.3, -0.25) is 4.98 Å². The van der Waals surface area contributed by atoms with Gasteiger partial charge in [-0.05, 0) is 55.3 Å². The summed E-state index contributed by atoms with van der Waals surface area (Å²) in [4.78, 5) is 4.53. The number of aromatic nitrogens is 1. The molecule has 1 N–H and O–H groups in total. The maximum absolute atomic E-state index is 5.86. The van der Waals surface area contributed by atoms with Crippen molar-refractivity contribution >= 4 is 11.6 Å². The molecule has 0 fully saturated rings. The number of hydrogen-bond acceptors (Lipinski definition) is 3. The second-order valence-electron chi connectivity index (χ2n) is 4.60. The van der Waals surface area contributed by atoms with Gasteiger partial charge in [0.25, 0.3) is 0 Å². The molecular formula is C14H15ClN2O. The fraction of sp³-hybridized carbons (Fsp3) is 0.357. The minimum absolute atomic E-state index is 0.133. The third kappa shape index (κ3) is 1.93. The maximum Gasteiger partial charge on any atom is 0.193 e. The number of fused-ring (bicyclic) bond motifs is 1. The van der Waals surface area contributed by atoms with E-state index in [9.17, 15) is 0 Å². The minimum Gasteiger partial charge on any atom is -0.448 e. The second kappa shape index (κ2) is 4.75. The number of aryl methyl sites for hydroxylation is 1. The van der Waals surface area contributed by atoms with E-state index in [2.05, 4.69) is 16.4 Å². The molecule has 18 heavy (non-hydrogen) atoms. The van der Waals surface area contributed by atoms with Crippen molar-refractivity contribution < 1.29 is 4.42 Å². The smallest absolute Gasteiger partial charge is 0.193 e. The van der Waals surface area contributed by atoms with E-state index in [4.69, 9.17) is 16.0 Å². The van der Waals surface area contributed by atoms with Crippen LogP contribution in [0.25, 0.3) is 0 Å². The number of hydrogen-bond donors (Lipinski definition) is 1. The van der Waals surface area contributed by atoms with Crippen LogP contribution in [0.5, 0.6) is 0 Å². The number of furan rings is 1. The van der Waals surface area contributed by atoms with E-state index in [1.807, 2.05) is 25.4 Å². The fourth-order valence-corrected chi connectivity index (χ4v) is 2.96. The summed E-state index contributed by atoms with van der Waals surface area (Å²) in [5, 5.41) is 3.76. The van der Waals surface area contributed by atoms with Crippen LogP contribution >= 0.6 is 11.6 Å². The first kappa shape index (κ1) is 11.8. The summed E-state index contributed by atoms with van der Waals surface area (Å²) in [5.74, 6) is 1.24. The van der Waals surface area contributed by atoms with Gasteiger partial charge in [-0.2, -0.15) is 0 Å². The highest BCUT2D eigenvalue weighted by atomic mass is 35.5. The van der Waals surface area contributed by atoms with E-state index in [1.165, 1.54) is 11.3 Å². The van der Waals surface area contributed by atoms with Crippen LogP contribution in [0.2, 0.25) is 5.22 Å². The molecule has 3 nitrogen and oxygen atoms in total. The van der Waals surface area contributed by atoms with Gasteiger partial charge >= 0.3 is 0 Å². The molecule has 0 aromatic carbocycles. The van der Waals surface area contributed by atoms with Crippen LogP contribution in [0.1, 0.15) is 35.4 Å². The zero-order valence-corrected chi connectivity index (χ0v) is 10.9. The van der Waals surface area contributed by atoms with Crippen molar-refractivity contribution in [2.24, 2.45) is 0 Å². The standard InChI is InChI=1S/C14H15ClN2O/c1-16-14(11-6-7-12(15)18-11)10-5-4-9-3-2-8-17-13(9)10/h2-3,6-8,10,14,16H,4-5H2,1H3. The minimum atomic E-state index is 0.133. The van der Waals surface area contributed by atoms with Crippen LogP contribution in [0.3, 0.4) is 0 Å². The molecule has 4 heteroatoms. The number of likely N-dealkylation sites (N-methyl/N-ethyl adjacent to an activating group) is 1. The summed E-state index contributed by atoms with van der Waals surface area (Å²) in [6.07, 6.45) is 4.04. The monoisotopic (exact) mass is 262 g/mol. The van der Waals surface area contributed by atoms with E-state index < -0.39 is 0 Å². The van der Waals surface area contributed by atoms with Crippen LogP contribution in [0.15, 0.2) is 34.9 Å². The summed E-state index contributed by atoms with van der Waals surface area (Å²) >= 11 is 5.86. The lowest BCUT2D eigenvalue weighted by Crippen LogP contribution is -2.22. The summed E-state index contributed by atoms with van der Waals surface area (Å²) in [5.41, 5.74) is 2.53. The molecule has 0 amide bonds. The van der Waals surface area contributed by atoms with Crippen molar-refractivity contribution in [3.63, 3.8) is 0 Å². The van der Waals surface area contributed by atoms with Crippen molar-refractivity contribution in [1.82, 2.24) is 10.3 Å². The first-order valence-corrected chi connectivity index (χ1v) is 6.53. The third-order valence-corrected chi connectivity index (χ3v) is 3.82. The molecule has 0 spiro atoms. The van der Waals surface area contributed by atoms with Crippen molar-refractivity contribution in [3.8, 4) is 0 Å². The normalized spacial score (nSPS) is 19.8. The summed E-state index contributed by atoms with van der Waals surface area (Å²) < 4.78 is 5.54. The second-order valence-corrected chi connectivity index (χ2v) is 4.97. The van der Waals surface area contributed by atoms with Gasteiger partial charge in [0, 0.05) is 17.8 Å². The average molecular weight is 263 g/mol. The lowest BCUT2D eigenvalue weighted by Gasteiger charge is -2.21. The number of nitrogens with one attached hydrogen (secondary N) is 1. The largest absolute Gasteiger partial charge is 0.448 e. The molecule has 2 atom stereocenters. The van der Waals surface area contributed by atoms with E-state index in [0.29, 0.717) is 11.1 Å². The molecule has 0 saturated carbocycles. The molecule has 0 saturated heterocycles. The molecule has 3 rings (SSSR count). The van der Waals surface area contributed by atoms with Crippen molar-refractivity contribution in [2.45, 2.75) is 24.8 Å². The Hall–Kier alpha value is -1.32. The Bertz CT molecular complexity index is 552. The molecule has 1 aliphatic rings. The van der Waals surface area contributed by atoms with Gasteiger partial charge in [0.1, 0.15) is 5.76 Å². The van der Waals surface area contributed by atoms with E-state index >= 15 is 0 Å². The number of nitrogens with zero attached hydrogens (tertiary/aromatic N) is 1. The Morgan fingerprint density at radius 3 is 3.06 bits per heavy atom. The Morgan fingerprint density at radius 2 is 2.33 bits per heavy atom. The molecule has 2 heterocycles. The number of rotatable bonds is 3. The van der Waals surface area contributed by atoms with Crippen LogP contribution in [-0.4, -0.2) is 12.0 Å². The Labute approximate surface area is 111 Å². The Morgan fingerprint density at radius 1 is 1.44 bits per heavy atom. The van der Waals surface area contributed by atoms with Crippen molar-refractivity contribution in [2.75, 3.05) is 7.05 Å².